The Morgan fingerprint density at radius 1 is 1.14 bits per heavy atom. The number of hydrogen-bond acceptors (Lipinski definition) is 4. The predicted molar refractivity (Wildman–Crippen MR) is 82.0 cm³/mol. The fourth-order valence-electron chi connectivity index (χ4n) is 2.55. The van der Waals surface area contributed by atoms with Gasteiger partial charge in [-0.25, -0.2) is 0 Å². The molecule has 1 atom stereocenters. The van der Waals surface area contributed by atoms with E-state index in [1.165, 1.54) is 12.1 Å². The van der Waals surface area contributed by atoms with Gasteiger partial charge in [0.05, 0.1) is 5.39 Å². The second-order valence-corrected chi connectivity index (χ2v) is 5.30. The summed E-state index contributed by atoms with van der Waals surface area (Å²) in [7, 11) is 0. The van der Waals surface area contributed by atoms with E-state index in [1.54, 1.807) is 18.2 Å². The zero-order valence-electron chi connectivity index (χ0n) is 11.9. The molecule has 2 N–H and O–H groups in total. The van der Waals surface area contributed by atoms with Crippen molar-refractivity contribution < 1.29 is 14.6 Å². The molecule has 0 amide bonds. The fraction of sp³-hybridized carbons (Fsp3) is 0.235. The summed E-state index contributed by atoms with van der Waals surface area (Å²) in [4.78, 5) is 12.6. The molecule has 1 unspecified atom stereocenters. The number of hydrogen-bond donors (Lipinski definition) is 2. The van der Waals surface area contributed by atoms with Crippen LogP contribution in [0.15, 0.2) is 39.5 Å². The Balaban J connectivity index is 2.45. The van der Waals surface area contributed by atoms with Gasteiger partial charge in [-0.15, -0.1) is 0 Å². The largest absolute Gasteiger partial charge is 0.508 e. The number of phenols is 2. The van der Waals surface area contributed by atoms with E-state index >= 15 is 0 Å². The van der Waals surface area contributed by atoms with E-state index in [9.17, 15) is 15.0 Å². The van der Waals surface area contributed by atoms with Gasteiger partial charge in [0.25, 0.3) is 0 Å². The molecule has 0 aliphatic heterocycles. The molecule has 0 aliphatic carbocycles. The Bertz CT molecular complexity index is 893. The maximum absolute atomic E-state index is 12.6. The zero-order chi connectivity index (χ0) is 15.1. The smallest absolute Gasteiger partial charge is 0.204 e. The number of phenolic OH excluding ortho intramolecular Hbond substituents is 2. The molecule has 4 nitrogen and oxygen atoms in total. The van der Waals surface area contributed by atoms with Gasteiger partial charge in [0.2, 0.25) is 5.43 Å². The second-order valence-electron chi connectivity index (χ2n) is 5.30. The molecular formula is C17H16O4. The van der Waals surface area contributed by atoms with E-state index in [1.807, 2.05) is 13.8 Å². The first-order chi connectivity index (χ1) is 10.0. The lowest BCUT2D eigenvalue weighted by Gasteiger charge is -2.13. The lowest BCUT2D eigenvalue weighted by molar-refractivity contribution is 0.466. The molecule has 4 heteroatoms. The Kier molecular flexibility index (Phi) is 3.09. The molecule has 0 saturated carbocycles. The van der Waals surface area contributed by atoms with E-state index in [2.05, 4.69) is 0 Å². The highest BCUT2D eigenvalue weighted by Crippen LogP contribution is 2.34. The molecule has 0 aliphatic rings. The third kappa shape index (κ3) is 2.03. The first kappa shape index (κ1) is 13.5. The standard InChI is InChI=1S/C17H16O4/c1-3-9(2)11-5-7-14-15(16(11)19)17(20)12-8-10(18)4-6-13(12)21-14/h4-9,18-19H,3H2,1-2H3. The maximum atomic E-state index is 12.6. The summed E-state index contributed by atoms with van der Waals surface area (Å²) in [6.07, 6.45) is 0.860. The molecule has 0 spiro atoms. The molecule has 3 rings (SSSR count). The van der Waals surface area contributed by atoms with Crippen LogP contribution in [0.3, 0.4) is 0 Å². The van der Waals surface area contributed by atoms with E-state index in [0.717, 1.165) is 12.0 Å². The third-order valence-electron chi connectivity index (χ3n) is 3.97. The molecule has 3 aromatic rings. The first-order valence-electron chi connectivity index (χ1n) is 6.94. The Hall–Kier alpha value is -2.49. The van der Waals surface area contributed by atoms with E-state index in [4.69, 9.17) is 4.42 Å². The van der Waals surface area contributed by atoms with Crippen LogP contribution in [0.2, 0.25) is 0 Å². The van der Waals surface area contributed by atoms with E-state index < -0.39 is 0 Å². The van der Waals surface area contributed by atoms with E-state index in [0.29, 0.717) is 11.2 Å². The van der Waals surface area contributed by atoms with Crippen molar-refractivity contribution in [2.45, 2.75) is 26.2 Å². The van der Waals surface area contributed by atoms with Crippen molar-refractivity contribution in [3.8, 4) is 11.5 Å². The maximum Gasteiger partial charge on any atom is 0.204 e. The molecule has 21 heavy (non-hydrogen) atoms. The van der Waals surface area contributed by atoms with Crippen LogP contribution in [0.25, 0.3) is 21.9 Å². The van der Waals surface area contributed by atoms with Gasteiger partial charge in [0.15, 0.2) is 0 Å². The average molecular weight is 284 g/mol. The summed E-state index contributed by atoms with van der Waals surface area (Å²) >= 11 is 0. The van der Waals surface area contributed by atoms with Crippen LogP contribution in [-0.2, 0) is 0 Å². The van der Waals surface area contributed by atoms with Crippen LogP contribution in [0.4, 0.5) is 0 Å². The molecule has 2 aromatic carbocycles. The van der Waals surface area contributed by atoms with Crippen molar-refractivity contribution in [3.05, 3.63) is 46.1 Å². The zero-order valence-corrected chi connectivity index (χ0v) is 11.9. The molecule has 1 heterocycles. The van der Waals surface area contributed by atoms with Gasteiger partial charge >= 0.3 is 0 Å². The van der Waals surface area contributed by atoms with Gasteiger partial charge < -0.3 is 14.6 Å². The van der Waals surface area contributed by atoms with Crippen LogP contribution >= 0.6 is 0 Å². The number of rotatable bonds is 2. The minimum absolute atomic E-state index is 0.00767. The summed E-state index contributed by atoms with van der Waals surface area (Å²) in [5, 5.41) is 20.4. The van der Waals surface area contributed by atoms with Crippen LogP contribution in [0.5, 0.6) is 11.5 Å². The average Bonchev–Trinajstić information content (AvgIpc) is 2.47. The van der Waals surface area contributed by atoms with Gasteiger partial charge in [0, 0.05) is 0 Å². The van der Waals surface area contributed by atoms with Crippen LogP contribution in [-0.4, -0.2) is 10.2 Å². The van der Waals surface area contributed by atoms with Gasteiger partial charge in [-0.1, -0.05) is 19.9 Å². The molecular weight excluding hydrogens is 268 g/mol. The van der Waals surface area contributed by atoms with Crippen molar-refractivity contribution in [3.63, 3.8) is 0 Å². The quantitative estimate of drug-likeness (QED) is 0.701. The lowest BCUT2D eigenvalue weighted by atomic mass is 9.95. The molecule has 0 radical (unpaired) electrons. The van der Waals surface area contributed by atoms with Gasteiger partial charge in [-0.3, -0.25) is 4.79 Å². The monoisotopic (exact) mass is 284 g/mol. The van der Waals surface area contributed by atoms with Crippen LogP contribution < -0.4 is 5.43 Å². The van der Waals surface area contributed by atoms with Crippen LogP contribution in [0.1, 0.15) is 31.7 Å². The summed E-state index contributed by atoms with van der Waals surface area (Å²) in [5.74, 6) is 0.112. The molecule has 1 aromatic heterocycles. The van der Waals surface area contributed by atoms with Crippen LogP contribution in [0, 0.1) is 0 Å². The Morgan fingerprint density at radius 2 is 1.86 bits per heavy atom. The summed E-state index contributed by atoms with van der Waals surface area (Å²) in [6, 6.07) is 7.87. The summed E-state index contributed by atoms with van der Waals surface area (Å²) in [5.41, 5.74) is 1.14. The van der Waals surface area contributed by atoms with Crippen molar-refractivity contribution in [2.24, 2.45) is 0 Å². The molecule has 0 fully saturated rings. The summed E-state index contributed by atoms with van der Waals surface area (Å²) in [6.45, 7) is 4.02. The Labute approximate surface area is 121 Å². The number of benzene rings is 2. The van der Waals surface area contributed by atoms with Crippen molar-refractivity contribution >= 4 is 21.9 Å². The van der Waals surface area contributed by atoms with Crippen molar-refractivity contribution in [2.75, 3.05) is 0 Å². The number of fused-ring (bicyclic) bond motifs is 2. The fourth-order valence-corrected chi connectivity index (χ4v) is 2.55. The second kappa shape index (κ2) is 4.81. The topological polar surface area (TPSA) is 70.7 Å². The highest BCUT2D eigenvalue weighted by atomic mass is 16.3. The van der Waals surface area contributed by atoms with Crippen molar-refractivity contribution in [1.82, 2.24) is 0 Å². The normalized spacial score (nSPS) is 12.9. The Morgan fingerprint density at radius 3 is 2.57 bits per heavy atom. The highest BCUT2D eigenvalue weighted by Gasteiger charge is 2.17. The SMILES string of the molecule is CCC(C)c1ccc2oc3ccc(O)cc3c(=O)c2c1O. The number of aromatic hydroxyl groups is 2. The lowest BCUT2D eigenvalue weighted by Crippen LogP contribution is -2.04. The third-order valence-corrected chi connectivity index (χ3v) is 3.97. The summed E-state index contributed by atoms with van der Waals surface area (Å²) < 4.78 is 5.66. The first-order valence-corrected chi connectivity index (χ1v) is 6.94. The van der Waals surface area contributed by atoms with E-state index in [-0.39, 0.29) is 33.6 Å². The molecule has 0 bridgehead atoms. The molecule has 108 valence electrons. The predicted octanol–water partition coefficient (Wildman–Crippen LogP) is 3.87. The van der Waals surface area contributed by atoms with Gasteiger partial charge in [0.1, 0.15) is 28.1 Å². The van der Waals surface area contributed by atoms with Crippen molar-refractivity contribution in [1.29, 1.82) is 0 Å². The minimum Gasteiger partial charge on any atom is -0.508 e. The minimum atomic E-state index is -0.329. The molecule has 0 saturated heterocycles. The highest BCUT2D eigenvalue weighted by molar-refractivity contribution is 5.94. The van der Waals surface area contributed by atoms with Gasteiger partial charge in [-0.05, 0) is 42.2 Å². The van der Waals surface area contributed by atoms with Gasteiger partial charge in [-0.2, -0.15) is 0 Å².